The zero-order valence-electron chi connectivity index (χ0n) is 28.7. The summed E-state index contributed by atoms with van der Waals surface area (Å²) in [6, 6.07) is 60.5. The van der Waals surface area contributed by atoms with Gasteiger partial charge in [-0.25, -0.2) is 0 Å². The van der Waals surface area contributed by atoms with Crippen LogP contribution in [0.5, 0.6) is 0 Å². The van der Waals surface area contributed by atoms with Gasteiger partial charge in [-0.05, 0) is 86.8 Å². The van der Waals surface area contributed by atoms with Gasteiger partial charge in [0.2, 0.25) is 0 Å². The Bertz CT molecular complexity index is 2750. The maximum Gasteiger partial charge on any atom is 0.0782 e. The third-order valence-corrected chi connectivity index (χ3v) is 11.7. The van der Waals surface area contributed by atoms with Crippen LogP contribution < -0.4 is 4.90 Å². The molecule has 3 unspecified atom stereocenters. The Morgan fingerprint density at radius 1 is 0.558 bits per heavy atom. The molecule has 0 fully saturated rings. The first-order valence-electron chi connectivity index (χ1n) is 18.5. The minimum Gasteiger partial charge on any atom is -0.332 e. The number of aromatic nitrogens is 1. The van der Waals surface area contributed by atoms with Gasteiger partial charge in [-0.1, -0.05) is 158 Å². The topological polar surface area (TPSA) is 8.17 Å². The molecule has 7 aromatic carbocycles. The molecule has 3 aliphatic rings. The fourth-order valence-corrected chi connectivity index (χ4v) is 9.63. The Kier molecular flexibility index (Phi) is 6.54. The van der Waals surface area contributed by atoms with Crippen molar-refractivity contribution >= 4 is 49.5 Å². The molecule has 2 heterocycles. The third kappa shape index (κ3) is 4.25. The summed E-state index contributed by atoms with van der Waals surface area (Å²) in [6.45, 7) is 0. The van der Waals surface area contributed by atoms with E-state index in [1.165, 1.54) is 83.0 Å². The van der Waals surface area contributed by atoms with Crippen molar-refractivity contribution in [3.63, 3.8) is 0 Å². The minimum absolute atomic E-state index is 0.158. The summed E-state index contributed by atoms with van der Waals surface area (Å²) in [5.74, 6) is 0.683. The minimum atomic E-state index is 0.158. The van der Waals surface area contributed by atoms with E-state index in [1.54, 1.807) is 0 Å². The fourth-order valence-electron chi connectivity index (χ4n) is 9.63. The molecule has 0 bridgehead atoms. The zero-order chi connectivity index (χ0) is 34.2. The van der Waals surface area contributed by atoms with Gasteiger partial charge >= 0.3 is 0 Å². The average Bonchev–Trinajstić information content (AvgIpc) is 3.75. The van der Waals surface area contributed by atoms with E-state index in [0.717, 1.165) is 6.42 Å². The Labute approximate surface area is 303 Å². The molecule has 0 saturated carbocycles. The second-order valence-corrected chi connectivity index (χ2v) is 14.4. The average molecular weight is 665 g/mol. The summed E-state index contributed by atoms with van der Waals surface area (Å²) >= 11 is 0. The van der Waals surface area contributed by atoms with E-state index in [0.29, 0.717) is 11.8 Å². The van der Waals surface area contributed by atoms with E-state index >= 15 is 0 Å². The lowest BCUT2D eigenvalue weighted by molar-refractivity contribution is 0.463. The number of allylic oxidation sites excluding steroid dienone is 5. The Morgan fingerprint density at radius 2 is 1.19 bits per heavy atom. The molecular formula is C50H36N2. The van der Waals surface area contributed by atoms with Gasteiger partial charge in [0.25, 0.3) is 0 Å². The molecule has 8 aromatic rings. The Balaban J connectivity index is 1.29. The van der Waals surface area contributed by atoms with Crippen LogP contribution in [0.4, 0.5) is 11.4 Å². The highest BCUT2D eigenvalue weighted by Gasteiger charge is 2.48. The van der Waals surface area contributed by atoms with E-state index in [-0.39, 0.29) is 6.04 Å². The van der Waals surface area contributed by atoms with Crippen LogP contribution in [0.25, 0.3) is 55.0 Å². The fraction of sp³-hybridized carbons (Fsp3) is 0.0800. The highest BCUT2D eigenvalue weighted by Crippen LogP contribution is 2.59. The summed E-state index contributed by atoms with van der Waals surface area (Å²) in [5.41, 5.74) is 14.3. The SMILES string of the molecule is C1=CCC2C(=C1)C(c1ccccc1)=CC1C2c2ccc3c4c5ccccc5c(-c5ccccc5)cc4n(-c4ccccc4)c3c2N1c1ccccc1. The number of fused-ring (bicyclic) bond motifs is 11. The smallest absolute Gasteiger partial charge is 0.0782 e. The van der Waals surface area contributed by atoms with Gasteiger partial charge in [0.1, 0.15) is 0 Å². The van der Waals surface area contributed by atoms with Gasteiger partial charge in [0, 0.05) is 28.1 Å². The molecule has 0 saturated heterocycles. The van der Waals surface area contributed by atoms with E-state index in [9.17, 15) is 0 Å². The van der Waals surface area contributed by atoms with Crippen LogP contribution in [-0.2, 0) is 0 Å². The molecule has 0 radical (unpaired) electrons. The Morgan fingerprint density at radius 3 is 1.92 bits per heavy atom. The van der Waals surface area contributed by atoms with Gasteiger partial charge in [-0.2, -0.15) is 0 Å². The summed E-state index contributed by atoms with van der Waals surface area (Å²) < 4.78 is 2.56. The van der Waals surface area contributed by atoms with E-state index in [1.807, 2.05) is 0 Å². The molecule has 0 N–H and O–H groups in total. The molecular weight excluding hydrogens is 629 g/mol. The third-order valence-electron chi connectivity index (χ3n) is 11.7. The first-order chi connectivity index (χ1) is 25.8. The van der Waals surface area contributed by atoms with Crippen molar-refractivity contribution in [2.24, 2.45) is 5.92 Å². The van der Waals surface area contributed by atoms with Crippen molar-refractivity contribution in [3.05, 3.63) is 205 Å². The van der Waals surface area contributed by atoms with Crippen LogP contribution >= 0.6 is 0 Å². The highest BCUT2D eigenvalue weighted by molar-refractivity contribution is 6.26. The first-order valence-corrected chi connectivity index (χ1v) is 18.5. The van der Waals surface area contributed by atoms with Crippen molar-refractivity contribution in [2.75, 3.05) is 4.90 Å². The lowest BCUT2D eigenvalue weighted by Gasteiger charge is -2.39. The molecule has 1 aromatic heterocycles. The summed E-state index contributed by atoms with van der Waals surface area (Å²) in [4.78, 5) is 2.68. The largest absolute Gasteiger partial charge is 0.332 e. The van der Waals surface area contributed by atoms with Crippen molar-refractivity contribution in [3.8, 4) is 16.8 Å². The quantitative estimate of drug-likeness (QED) is 0.182. The molecule has 3 atom stereocenters. The van der Waals surface area contributed by atoms with Crippen LogP contribution in [0.15, 0.2) is 194 Å². The van der Waals surface area contributed by atoms with Crippen LogP contribution in [0.1, 0.15) is 23.5 Å². The molecule has 0 amide bonds. The molecule has 11 rings (SSSR count). The van der Waals surface area contributed by atoms with Crippen molar-refractivity contribution in [1.82, 2.24) is 4.57 Å². The lowest BCUT2D eigenvalue weighted by Crippen LogP contribution is -2.36. The van der Waals surface area contributed by atoms with E-state index < -0.39 is 0 Å². The monoisotopic (exact) mass is 664 g/mol. The number of para-hydroxylation sites is 2. The van der Waals surface area contributed by atoms with Crippen LogP contribution in [0.3, 0.4) is 0 Å². The molecule has 2 aliphatic carbocycles. The molecule has 2 nitrogen and oxygen atoms in total. The molecule has 1 aliphatic heterocycles. The normalized spacial score (nSPS) is 19.0. The standard InChI is InChI=1S/C50H36N2/c1-5-17-33(18-6-1)43-31-45-47(39-27-15-13-25-37(39)43)41-29-30-42-48-40-28-16-14-26-38(40)44(34-19-7-2-8-20-34)32-46(48)52(36-23-11-4-12-24-36)50(42)49(41)51(45)35-21-9-3-10-22-35/h1-27,29-32,40,46,48H,28H2. The molecule has 2 heteroatoms. The van der Waals surface area contributed by atoms with Crippen molar-refractivity contribution in [2.45, 2.75) is 18.4 Å². The zero-order valence-corrected chi connectivity index (χ0v) is 28.7. The summed E-state index contributed by atoms with van der Waals surface area (Å²) in [6.07, 6.45) is 10.6. The molecule has 52 heavy (non-hydrogen) atoms. The maximum absolute atomic E-state index is 2.68. The van der Waals surface area contributed by atoms with E-state index in [2.05, 4.69) is 198 Å². The van der Waals surface area contributed by atoms with Gasteiger partial charge in [-0.15, -0.1) is 0 Å². The second kappa shape index (κ2) is 11.6. The molecule has 246 valence electrons. The second-order valence-electron chi connectivity index (χ2n) is 14.4. The van der Waals surface area contributed by atoms with Gasteiger partial charge in [-0.3, -0.25) is 0 Å². The number of anilines is 2. The van der Waals surface area contributed by atoms with Crippen LogP contribution in [0, 0.1) is 5.92 Å². The highest BCUT2D eigenvalue weighted by atomic mass is 15.2. The number of hydrogen-bond acceptors (Lipinski definition) is 1. The predicted octanol–water partition coefficient (Wildman–Crippen LogP) is 12.8. The maximum atomic E-state index is 2.68. The molecule has 0 spiro atoms. The number of nitrogens with zero attached hydrogens (tertiary/aromatic N) is 2. The summed E-state index contributed by atoms with van der Waals surface area (Å²) in [5, 5.41) is 5.16. The van der Waals surface area contributed by atoms with Gasteiger partial charge in [0.05, 0.1) is 22.8 Å². The lowest BCUT2D eigenvalue weighted by atomic mass is 9.67. The van der Waals surface area contributed by atoms with Gasteiger partial charge in [0.15, 0.2) is 0 Å². The van der Waals surface area contributed by atoms with Gasteiger partial charge < -0.3 is 9.47 Å². The number of rotatable bonds is 4. The summed E-state index contributed by atoms with van der Waals surface area (Å²) in [7, 11) is 0. The van der Waals surface area contributed by atoms with Crippen LogP contribution in [-0.4, -0.2) is 10.6 Å². The predicted molar refractivity (Wildman–Crippen MR) is 219 cm³/mol. The first kappa shape index (κ1) is 29.4. The van der Waals surface area contributed by atoms with Crippen molar-refractivity contribution in [1.29, 1.82) is 0 Å². The Hall–Kier alpha value is -6.38. The van der Waals surface area contributed by atoms with Crippen LogP contribution in [0.2, 0.25) is 0 Å². The van der Waals surface area contributed by atoms with Crippen molar-refractivity contribution < 1.29 is 0 Å². The number of hydrogen-bond donors (Lipinski definition) is 0. The van der Waals surface area contributed by atoms with E-state index in [4.69, 9.17) is 0 Å². The number of benzene rings is 7.